The van der Waals surface area contributed by atoms with Crippen LogP contribution in [0.2, 0.25) is 0 Å². The summed E-state index contributed by atoms with van der Waals surface area (Å²) >= 11 is 0. The van der Waals surface area contributed by atoms with Crippen molar-refractivity contribution in [3.05, 3.63) is 157 Å². The summed E-state index contributed by atoms with van der Waals surface area (Å²) in [6.07, 6.45) is 2.17. The van der Waals surface area contributed by atoms with E-state index in [4.69, 9.17) is 45.1 Å². The van der Waals surface area contributed by atoms with Crippen LogP contribution in [0, 0.1) is 93.1 Å². The first-order chi connectivity index (χ1) is 48.7. The van der Waals surface area contributed by atoms with E-state index < -0.39 is 210 Å². The molecular formula is C54H52F16N20O14. The Morgan fingerprint density at radius 3 is 0.846 bits per heavy atom. The van der Waals surface area contributed by atoms with Gasteiger partial charge in [-0.25, -0.2) is 99.4 Å². The van der Waals surface area contributed by atoms with Gasteiger partial charge in [-0.3, -0.25) is 9.59 Å². The molecule has 0 amide bonds. The van der Waals surface area contributed by atoms with Crippen molar-refractivity contribution >= 4 is 82.2 Å². The monoisotopic (exact) mass is 1510 g/mol. The maximum Gasteiger partial charge on any atom is 0.352 e. The zero-order valence-corrected chi connectivity index (χ0v) is 53.0. The van der Waals surface area contributed by atoms with E-state index in [2.05, 4.69) is 60.9 Å². The van der Waals surface area contributed by atoms with Gasteiger partial charge in [0.2, 0.25) is 0 Å². The van der Waals surface area contributed by atoms with Crippen LogP contribution >= 0.6 is 0 Å². The quantitative estimate of drug-likeness (QED) is 0.00312. The number of esters is 4. The predicted octanol–water partition coefficient (Wildman–Crippen LogP) is 6.45. The molecular weight excluding hydrogens is 1460 g/mol. The molecule has 14 N–H and O–H groups in total. The molecule has 0 spiro atoms. The number of carboxylic acid groups (broad SMARTS) is 2. The van der Waals surface area contributed by atoms with Gasteiger partial charge in [0.15, 0.2) is 93.1 Å². The lowest BCUT2D eigenvalue weighted by Crippen LogP contribution is -2.68. The van der Waals surface area contributed by atoms with Crippen molar-refractivity contribution < 1.29 is 149 Å². The van der Waals surface area contributed by atoms with Crippen molar-refractivity contribution in [3.63, 3.8) is 0 Å². The smallest absolute Gasteiger partial charge is 0.352 e. The van der Waals surface area contributed by atoms with Crippen LogP contribution in [0.5, 0.6) is 0 Å². The highest BCUT2D eigenvalue weighted by atomic mass is 19.2. The number of carbonyl (C=O) groups is 8. The van der Waals surface area contributed by atoms with E-state index in [9.17, 15) is 119 Å². The summed E-state index contributed by atoms with van der Waals surface area (Å²) in [6.45, 7) is 1.77. The normalized spacial score (nSPS) is 11.9. The number of ketones is 2. The second-order valence-corrected chi connectivity index (χ2v) is 19.9. The Bertz CT molecular complexity index is 3820. The highest BCUT2D eigenvalue weighted by Gasteiger charge is 2.35. The number of quaternary nitrogens is 2. The number of Topliss-reactive ketones (excluding diaryl/α,β-unsaturated/α-hetero) is 2. The van der Waals surface area contributed by atoms with Crippen molar-refractivity contribution in [1.29, 1.82) is 0 Å². The molecule has 4 aromatic carbocycles. The Kier molecular flexibility index (Phi) is 37.7. The van der Waals surface area contributed by atoms with Crippen molar-refractivity contribution in [3.8, 4) is 0 Å². The highest BCUT2D eigenvalue weighted by Crippen LogP contribution is 2.35. The number of nitrogens with two attached hydrogens (primary N) is 4. The van der Waals surface area contributed by atoms with E-state index in [1.807, 2.05) is 19.6 Å². The minimum absolute atomic E-state index is 0.0381. The Morgan fingerprint density at radius 1 is 0.385 bits per heavy atom. The minimum atomic E-state index is -2.15. The molecule has 0 aliphatic rings. The van der Waals surface area contributed by atoms with Crippen LogP contribution in [-0.2, 0) is 38.1 Å². The van der Waals surface area contributed by atoms with Gasteiger partial charge in [-0.15, -0.1) is 0 Å². The molecule has 0 aliphatic heterocycles. The molecule has 0 saturated heterocycles. The molecule has 0 saturated carbocycles. The van der Waals surface area contributed by atoms with Crippen molar-refractivity contribution in [2.45, 2.75) is 102 Å². The number of aliphatic imine (C=N–C) groups is 2. The fourth-order valence-corrected chi connectivity index (χ4v) is 7.19. The van der Waals surface area contributed by atoms with Crippen molar-refractivity contribution in [1.82, 2.24) is 0 Å². The fraction of sp³-hybridized carbons (Fsp3) is 0.370. The molecule has 4 unspecified atom stereocenters. The number of ether oxygens (including phenoxy) is 4. The zero-order chi connectivity index (χ0) is 79.7. The molecule has 0 fully saturated rings. The molecule has 50 heteroatoms. The zero-order valence-electron chi connectivity index (χ0n) is 53.0. The van der Waals surface area contributed by atoms with Gasteiger partial charge in [0, 0.05) is 45.6 Å². The summed E-state index contributed by atoms with van der Waals surface area (Å²) < 4.78 is 236. The lowest BCUT2D eigenvalue weighted by Gasteiger charge is -2.10. The van der Waals surface area contributed by atoms with Gasteiger partial charge in [0.05, 0.1) is 37.2 Å². The molecule has 564 valence electrons. The van der Waals surface area contributed by atoms with Gasteiger partial charge in [-0.1, -0.05) is 20.5 Å². The van der Waals surface area contributed by atoms with Gasteiger partial charge < -0.3 is 73.2 Å². The number of hydrogen-bond acceptors (Lipinski definition) is 22. The number of unbranched alkanes of at least 4 members (excludes halogenated alkanes) is 2. The second-order valence-electron chi connectivity index (χ2n) is 19.9. The van der Waals surface area contributed by atoms with Crippen LogP contribution in [0.15, 0.2) is 30.4 Å². The van der Waals surface area contributed by atoms with E-state index >= 15 is 0 Å². The largest absolute Gasteiger partial charge is 0.544 e. The van der Waals surface area contributed by atoms with Gasteiger partial charge in [-0.2, -0.15) is 0 Å². The average molecular weight is 1510 g/mol. The summed E-state index contributed by atoms with van der Waals surface area (Å²) in [5.41, 5.74) is 47.7. The molecule has 4 aromatic rings. The number of hydrogen-bond donors (Lipinski definition) is 6. The number of carboxylic acids is 2. The van der Waals surface area contributed by atoms with E-state index in [-0.39, 0.29) is 89.2 Å². The molecule has 0 heterocycles. The van der Waals surface area contributed by atoms with Gasteiger partial charge in [-0.05, 0) is 87.3 Å². The molecule has 0 bridgehead atoms. The molecule has 104 heavy (non-hydrogen) atoms. The lowest BCUT2D eigenvalue weighted by atomic mass is 10.1. The number of aliphatic carboxylic acids is 2. The van der Waals surface area contributed by atoms with Crippen LogP contribution in [0.3, 0.4) is 0 Å². The topological polar surface area (TPSA) is 599 Å². The fourth-order valence-electron chi connectivity index (χ4n) is 7.19. The summed E-state index contributed by atoms with van der Waals surface area (Å²) in [7, 11) is 0. The number of halogens is 16. The van der Waals surface area contributed by atoms with Crippen molar-refractivity contribution in [2.75, 3.05) is 26.3 Å². The Hall–Kier alpha value is -12.1. The predicted molar refractivity (Wildman–Crippen MR) is 312 cm³/mol. The summed E-state index contributed by atoms with van der Waals surface area (Å²) in [5, 5.41) is 30.8. The summed E-state index contributed by atoms with van der Waals surface area (Å²) in [4.78, 5) is 105. The third-order valence-electron chi connectivity index (χ3n) is 12.7. The molecule has 0 radical (unpaired) electrons. The SMILES string of the molecule is CC(=O)C(N)CCCCOC(=O)c1c(F)c(F)c(N=[N+]=[N-])c(F)c1F.CC(=O)C(N)CCCN=C(N)OC(=O)c1c(F)c(F)c(N=[N+]=[N-])c(F)c1F.[N-]=[N+]=Nc1c(F)c(F)c(C(=O)OC(N)=NCCCC([NH3+])C(=O)[O-])c(F)c1F.[N-]=[N+]=Nc1c(F)c(F)c(C(=O)OCCCCC([NH3+])C(=O)[O-])c(F)c1F. The molecule has 34 nitrogen and oxygen atoms in total. The van der Waals surface area contributed by atoms with Crippen LogP contribution in [-0.4, -0.2) is 110 Å². The van der Waals surface area contributed by atoms with E-state index in [1.165, 1.54) is 13.8 Å². The first kappa shape index (κ1) is 90.0. The standard InChI is InChI=1S/C14H14F4N6O3.C14H14F4N4O3.C13H12F4N6O4.C13H12F4N4O4/c1-5(25)6(19)3-2-4-22-14(20)27-13(26)7-8(15)10(17)12(23-24-21)11(18)9(7)16;1-6(23)7(19)4-2-3-5-25-14(24)8-9(15)11(17)13(21-22-20)12(18)10(8)16;14-6-5(7(15)9(17)10(8(6)16)22-23-20)12(26)27-13(19)21-3-1-2-4(18)11(24)25;14-7-6(8(15)10(17)11(9(7)16)20-21-19)13(24)25-4-2-1-3-5(18)12(22)23/h6H,2-4,19H2,1H3,(H2,20,22);7H,2-5,19H2,1H3;4H,1-3,18H2,(H2,19,21)(H,24,25);5H,1-4,18H2,(H,22,23). The number of carbonyl (C=O) groups excluding carboxylic acids is 8. The Morgan fingerprint density at radius 2 is 0.606 bits per heavy atom. The third-order valence-corrected chi connectivity index (χ3v) is 12.7. The summed E-state index contributed by atoms with van der Waals surface area (Å²) in [5.74, 6) is -43.3. The molecule has 4 rings (SSSR count). The van der Waals surface area contributed by atoms with E-state index in [0.717, 1.165) is 0 Å². The second kappa shape index (κ2) is 43.6. The number of rotatable bonds is 30. The molecule has 0 aliphatic carbocycles. The lowest BCUT2D eigenvalue weighted by molar-refractivity contribution is -0.438. The number of azide groups is 4. The Balaban J connectivity index is 0.000000694. The molecule has 0 aromatic heterocycles. The molecule has 4 atom stereocenters. The maximum absolute atomic E-state index is 13.8. The van der Waals surface area contributed by atoms with Crippen LogP contribution in [0.1, 0.15) is 119 Å². The van der Waals surface area contributed by atoms with Crippen molar-refractivity contribution in [2.24, 2.45) is 53.4 Å². The first-order valence-electron chi connectivity index (χ1n) is 28.3. The highest BCUT2D eigenvalue weighted by molar-refractivity contribution is 5.99. The van der Waals surface area contributed by atoms with Crippen LogP contribution < -0.4 is 44.6 Å². The first-order valence-corrected chi connectivity index (χ1v) is 28.3. The van der Waals surface area contributed by atoms with E-state index in [0.29, 0.717) is 12.8 Å². The Labute approximate surface area is 569 Å². The van der Waals surface area contributed by atoms with Crippen LogP contribution in [0.4, 0.5) is 93.0 Å². The summed E-state index contributed by atoms with van der Waals surface area (Å²) in [6, 6.07) is -5.05. The van der Waals surface area contributed by atoms with Gasteiger partial charge in [0.25, 0.3) is 12.0 Å². The third kappa shape index (κ3) is 25.8. The number of benzene rings is 4. The number of nitrogens with zero attached hydrogens (tertiary/aromatic N) is 14. The van der Waals surface area contributed by atoms with Gasteiger partial charge >= 0.3 is 23.9 Å². The maximum atomic E-state index is 13.8. The van der Waals surface area contributed by atoms with E-state index in [1.54, 1.807) is 0 Å². The van der Waals surface area contributed by atoms with Gasteiger partial charge in [0.1, 0.15) is 68.7 Å². The number of amidine groups is 2. The minimum Gasteiger partial charge on any atom is -0.544 e. The van der Waals surface area contributed by atoms with Crippen LogP contribution in [0.25, 0.3) is 41.8 Å². The average Bonchev–Trinajstić information content (AvgIpc) is 0.803.